The lowest BCUT2D eigenvalue weighted by atomic mass is 10.3. The van der Waals surface area contributed by atoms with Gasteiger partial charge in [-0.25, -0.2) is 9.59 Å². The summed E-state index contributed by atoms with van der Waals surface area (Å²) in [5.74, 6) is -2.90. The number of hydrogen-bond acceptors (Lipinski definition) is 8. The standard InChI is InChI=1S/C8H10N12O4/c9-17-13-1-5(2-14-18-10)23-7(21)8(22)24-6(3-15-19-11)4-16-20-12/h5-6H,1-4H2. The van der Waals surface area contributed by atoms with Crippen LogP contribution in [0.2, 0.25) is 0 Å². The van der Waals surface area contributed by atoms with Crippen LogP contribution in [-0.2, 0) is 19.1 Å². The molecule has 0 aromatic heterocycles. The first-order valence-corrected chi connectivity index (χ1v) is 6.04. The molecule has 0 unspecified atom stereocenters. The van der Waals surface area contributed by atoms with Gasteiger partial charge < -0.3 is 9.47 Å². The van der Waals surface area contributed by atoms with Gasteiger partial charge in [-0.3, -0.25) is 0 Å². The van der Waals surface area contributed by atoms with Crippen LogP contribution in [0.5, 0.6) is 0 Å². The fraction of sp³-hybridized carbons (Fsp3) is 0.750. The topological polar surface area (TPSA) is 248 Å². The first-order valence-electron chi connectivity index (χ1n) is 6.04. The summed E-state index contributed by atoms with van der Waals surface area (Å²) in [6.45, 7) is -1.46. The molecule has 16 nitrogen and oxygen atoms in total. The normalized spacial score (nSPS) is 11.2. The number of esters is 2. The van der Waals surface area contributed by atoms with Gasteiger partial charge in [0.1, 0.15) is 12.2 Å². The molecule has 0 fully saturated rings. The number of azide groups is 4. The van der Waals surface area contributed by atoms with Gasteiger partial charge in [-0.1, -0.05) is 20.5 Å². The predicted octanol–water partition coefficient (Wildman–Crippen LogP) is 2.05. The smallest absolute Gasteiger partial charge is 0.417 e. The van der Waals surface area contributed by atoms with E-state index in [-0.39, 0.29) is 26.2 Å². The molecule has 0 radical (unpaired) electrons. The molecule has 0 saturated heterocycles. The Bertz CT molecular complexity index is 541. The predicted molar refractivity (Wildman–Crippen MR) is 75.8 cm³/mol. The zero-order chi connectivity index (χ0) is 18.2. The molecule has 16 heteroatoms. The minimum absolute atomic E-state index is 0.366. The quantitative estimate of drug-likeness (QED) is 0.190. The van der Waals surface area contributed by atoms with Gasteiger partial charge >= 0.3 is 11.9 Å². The van der Waals surface area contributed by atoms with E-state index >= 15 is 0 Å². The highest BCUT2D eigenvalue weighted by atomic mass is 16.6. The highest BCUT2D eigenvalue weighted by molar-refractivity contribution is 6.29. The molecule has 0 amide bonds. The van der Waals surface area contributed by atoms with E-state index in [0.29, 0.717) is 0 Å². The summed E-state index contributed by atoms with van der Waals surface area (Å²) in [7, 11) is 0. The van der Waals surface area contributed by atoms with Gasteiger partial charge in [0.25, 0.3) is 0 Å². The van der Waals surface area contributed by atoms with E-state index in [2.05, 4.69) is 49.6 Å². The lowest BCUT2D eigenvalue weighted by molar-refractivity contribution is -0.173. The number of carbonyl (C=O) groups excluding carboxylic acids is 2. The fourth-order valence-electron chi connectivity index (χ4n) is 1.17. The van der Waals surface area contributed by atoms with Crippen molar-refractivity contribution in [3.8, 4) is 0 Å². The second-order valence-corrected chi connectivity index (χ2v) is 3.71. The Balaban J connectivity index is 4.80. The van der Waals surface area contributed by atoms with Gasteiger partial charge in [-0.05, 0) is 22.1 Å². The van der Waals surface area contributed by atoms with E-state index in [4.69, 9.17) is 22.1 Å². The fourth-order valence-corrected chi connectivity index (χ4v) is 1.17. The summed E-state index contributed by atoms with van der Waals surface area (Å²) in [6, 6.07) is 0. The molecule has 0 saturated carbocycles. The van der Waals surface area contributed by atoms with Crippen molar-refractivity contribution in [3.05, 3.63) is 41.8 Å². The first kappa shape index (κ1) is 20.2. The molecule has 0 aliphatic rings. The van der Waals surface area contributed by atoms with Crippen LogP contribution < -0.4 is 0 Å². The molecule has 0 bridgehead atoms. The maximum absolute atomic E-state index is 11.6. The van der Waals surface area contributed by atoms with E-state index in [1.165, 1.54) is 0 Å². The van der Waals surface area contributed by atoms with Crippen molar-refractivity contribution in [2.24, 2.45) is 20.5 Å². The van der Waals surface area contributed by atoms with Gasteiger partial charge in [-0.15, -0.1) is 0 Å². The molecule has 0 aromatic rings. The van der Waals surface area contributed by atoms with Crippen molar-refractivity contribution in [1.29, 1.82) is 0 Å². The van der Waals surface area contributed by atoms with Crippen molar-refractivity contribution in [1.82, 2.24) is 0 Å². The Morgan fingerprint density at radius 3 is 1.12 bits per heavy atom. The maximum Gasteiger partial charge on any atom is 0.417 e. The molecule has 0 heterocycles. The average molecular weight is 338 g/mol. The van der Waals surface area contributed by atoms with Crippen LogP contribution >= 0.6 is 0 Å². The second kappa shape index (κ2) is 12.9. The Morgan fingerprint density at radius 1 is 0.667 bits per heavy atom. The molecule has 0 aliphatic heterocycles. The lowest BCUT2D eigenvalue weighted by Crippen LogP contribution is -2.33. The van der Waals surface area contributed by atoms with E-state index in [1.807, 2.05) is 0 Å². The molecule has 0 aromatic carbocycles. The van der Waals surface area contributed by atoms with Crippen LogP contribution in [0.3, 0.4) is 0 Å². The van der Waals surface area contributed by atoms with Crippen molar-refractivity contribution in [2.75, 3.05) is 26.2 Å². The van der Waals surface area contributed by atoms with Gasteiger partial charge in [-0.2, -0.15) is 0 Å². The van der Waals surface area contributed by atoms with Crippen LogP contribution in [0.1, 0.15) is 0 Å². The van der Waals surface area contributed by atoms with Gasteiger partial charge in [0, 0.05) is 19.6 Å². The molecule has 0 atom stereocenters. The number of ether oxygens (including phenoxy) is 2. The number of carbonyl (C=O) groups is 2. The summed E-state index contributed by atoms with van der Waals surface area (Å²) < 4.78 is 9.35. The van der Waals surface area contributed by atoms with E-state index in [1.54, 1.807) is 0 Å². The third kappa shape index (κ3) is 9.18. The molecule has 0 N–H and O–H groups in total. The SMILES string of the molecule is [N-]=[N+]=NCC(CN=[N+]=[N-])OC(=O)C(=O)OC(CN=[N+]=[N-])CN=[N+]=[N-]. The first-order chi connectivity index (χ1) is 11.6. The molecule has 0 rings (SSSR count). The summed E-state index contributed by atoms with van der Waals surface area (Å²) in [5.41, 5.74) is 32.8. The molecule has 0 spiro atoms. The van der Waals surface area contributed by atoms with Crippen LogP contribution in [0.25, 0.3) is 41.8 Å². The summed E-state index contributed by atoms with van der Waals surface area (Å²) in [6.07, 6.45) is -2.32. The average Bonchev–Trinajstić information content (AvgIpc) is 2.59. The minimum atomic E-state index is -1.45. The molecular weight excluding hydrogens is 328 g/mol. The zero-order valence-corrected chi connectivity index (χ0v) is 12.0. The Morgan fingerprint density at radius 2 is 0.917 bits per heavy atom. The number of nitrogens with zero attached hydrogens (tertiary/aromatic N) is 12. The lowest BCUT2D eigenvalue weighted by Gasteiger charge is -2.15. The van der Waals surface area contributed by atoms with E-state index in [9.17, 15) is 9.59 Å². The Kier molecular flexibility index (Phi) is 10.8. The van der Waals surface area contributed by atoms with Gasteiger partial charge in [0.05, 0.1) is 26.2 Å². The molecule has 126 valence electrons. The molecule has 24 heavy (non-hydrogen) atoms. The highest BCUT2D eigenvalue weighted by Gasteiger charge is 2.25. The number of hydrogen-bond donors (Lipinski definition) is 0. The van der Waals surface area contributed by atoms with Crippen LogP contribution in [0.15, 0.2) is 20.5 Å². The largest absolute Gasteiger partial charge is 0.454 e. The van der Waals surface area contributed by atoms with Crippen LogP contribution in [-0.4, -0.2) is 50.3 Å². The van der Waals surface area contributed by atoms with Gasteiger partial charge in [0.2, 0.25) is 0 Å². The van der Waals surface area contributed by atoms with E-state index < -0.39 is 24.1 Å². The molecular formula is C8H10N12O4. The van der Waals surface area contributed by atoms with Gasteiger partial charge in [0.15, 0.2) is 0 Å². The number of rotatable bonds is 10. The monoisotopic (exact) mass is 338 g/mol. The summed E-state index contributed by atoms with van der Waals surface area (Å²) >= 11 is 0. The van der Waals surface area contributed by atoms with Crippen molar-refractivity contribution in [3.63, 3.8) is 0 Å². The Hall–Kier alpha value is -3.82. The summed E-state index contributed by atoms with van der Waals surface area (Å²) in [5, 5.41) is 12.5. The van der Waals surface area contributed by atoms with Crippen molar-refractivity contribution < 1.29 is 19.1 Å². The van der Waals surface area contributed by atoms with Crippen LogP contribution in [0.4, 0.5) is 0 Å². The third-order valence-corrected chi connectivity index (χ3v) is 2.11. The van der Waals surface area contributed by atoms with Crippen molar-refractivity contribution >= 4 is 11.9 Å². The highest BCUT2D eigenvalue weighted by Crippen LogP contribution is 2.02. The minimum Gasteiger partial charge on any atom is -0.454 e. The Labute approximate surface area is 132 Å². The second-order valence-electron chi connectivity index (χ2n) is 3.71. The van der Waals surface area contributed by atoms with Crippen LogP contribution in [0, 0.1) is 0 Å². The van der Waals surface area contributed by atoms with Crippen molar-refractivity contribution in [2.45, 2.75) is 12.2 Å². The zero-order valence-electron chi connectivity index (χ0n) is 12.0. The molecule has 0 aliphatic carbocycles. The maximum atomic E-state index is 11.6. The van der Waals surface area contributed by atoms with E-state index in [0.717, 1.165) is 0 Å². The third-order valence-electron chi connectivity index (χ3n) is 2.11. The summed E-state index contributed by atoms with van der Waals surface area (Å²) in [4.78, 5) is 32.9.